The topological polar surface area (TPSA) is 54.9 Å². The van der Waals surface area contributed by atoms with Gasteiger partial charge in [-0.3, -0.25) is 4.79 Å². The number of aromatic nitrogens is 2. The summed E-state index contributed by atoms with van der Waals surface area (Å²) in [5, 5.41) is 2.19. The zero-order valence-electron chi connectivity index (χ0n) is 8.82. The van der Waals surface area contributed by atoms with Crippen molar-refractivity contribution in [1.82, 2.24) is 9.97 Å². The Kier molecular flexibility index (Phi) is 3.47. The van der Waals surface area contributed by atoms with Crippen molar-refractivity contribution in [1.29, 1.82) is 0 Å². The molecule has 92 valence electrons. The minimum absolute atomic E-state index is 0.0953. The maximum Gasteiger partial charge on any atom is 0.276 e. The van der Waals surface area contributed by atoms with Crippen molar-refractivity contribution in [2.45, 2.75) is 0 Å². The summed E-state index contributed by atoms with van der Waals surface area (Å²) >= 11 is 5.50. The number of carbonyl (C=O) groups excluding carboxylic acids is 1. The minimum atomic E-state index is -0.870. The van der Waals surface area contributed by atoms with Crippen LogP contribution in [-0.4, -0.2) is 15.9 Å². The van der Waals surface area contributed by atoms with Crippen LogP contribution in [0.25, 0.3) is 0 Å². The predicted molar refractivity (Wildman–Crippen MR) is 61.4 cm³/mol. The van der Waals surface area contributed by atoms with Crippen LogP contribution in [-0.2, 0) is 0 Å². The molecule has 0 fully saturated rings. The van der Waals surface area contributed by atoms with Gasteiger partial charge in [0.1, 0.15) is 28.2 Å². The summed E-state index contributed by atoms with van der Waals surface area (Å²) < 4.78 is 26.6. The summed E-state index contributed by atoms with van der Waals surface area (Å²) in [6.07, 6.45) is 2.27. The largest absolute Gasteiger partial charge is 0.316 e. The third-order valence-corrected chi connectivity index (χ3v) is 2.25. The van der Waals surface area contributed by atoms with E-state index in [4.69, 9.17) is 11.6 Å². The highest BCUT2D eigenvalue weighted by Crippen LogP contribution is 2.18. The molecule has 0 saturated heterocycles. The molecule has 0 bridgehead atoms. The Morgan fingerprint density at radius 3 is 2.39 bits per heavy atom. The van der Waals surface area contributed by atoms with E-state index in [-0.39, 0.29) is 10.8 Å². The third-order valence-electron chi connectivity index (χ3n) is 2.05. The fourth-order valence-corrected chi connectivity index (χ4v) is 1.32. The molecule has 2 rings (SSSR count). The number of anilines is 1. The molecule has 0 aliphatic carbocycles. The second kappa shape index (κ2) is 5.05. The van der Waals surface area contributed by atoms with Gasteiger partial charge in [0, 0.05) is 0 Å². The Morgan fingerprint density at radius 2 is 1.83 bits per heavy atom. The van der Waals surface area contributed by atoms with Crippen LogP contribution in [0.4, 0.5) is 14.5 Å². The van der Waals surface area contributed by atoms with Crippen molar-refractivity contribution in [2.75, 3.05) is 5.32 Å². The smallest absolute Gasteiger partial charge is 0.276 e. The average molecular weight is 270 g/mol. The number of rotatable bonds is 2. The van der Waals surface area contributed by atoms with Crippen LogP contribution in [0.1, 0.15) is 10.5 Å². The molecule has 0 saturated carbocycles. The van der Waals surface area contributed by atoms with E-state index >= 15 is 0 Å². The molecule has 1 heterocycles. The Bertz CT molecular complexity index is 569. The lowest BCUT2D eigenvalue weighted by Gasteiger charge is -2.06. The van der Waals surface area contributed by atoms with Crippen LogP contribution < -0.4 is 5.32 Å². The average Bonchev–Trinajstić information content (AvgIpc) is 2.34. The lowest BCUT2D eigenvalue weighted by atomic mass is 10.3. The zero-order valence-corrected chi connectivity index (χ0v) is 9.58. The summed E-state index contributed by atoms with van der Waals surface area (Å²) in [5.74, 6) is -2.52. The molecule has 18 heavy (non-hydrogen) atoms. The molecule has 1 aromatic carbocycles. The molecule has 1 N–H and O–H groups in total. The number of hydrogen-bond acceptors (Lipinski definition) is 3. The second-order valence-electron chi connectivity index (χ2n) is 3.28. The number of benzene rings is 1. The fourth-order valence-electron chi connectivity index (χ4n) is 1.22. The molecule has 0 radical (unpaired) electrons. The van der Waals surface area contributed by atoms with Crippen molar-refractivity contribution in [3.8, 4) is 0 Å². The molecule has 0 aliphatic rings. The Morgan fingerprint density at radius 1 is 1.17 bits per heavy atom. The Balaban J connectivity index is 2.24. The highest BCUT2D eigenvalue weighted by atomic mass is 35.5. The Hall–Kier alpha value is -2.08. The first-order valence-corrected chi connectivity index (χ1v) is 5.18. The Labute approximate surface area is 106 Å². The fraction of sp³-hybridized carbons (Fsp3) is 0. The van der Waals surface area contributed by atoms with E-state index in [1.807, 2.05) is 0 Å². The molecule has 0 unspecified atom stereocenters. The quantitative estimate of drug-likeness (QED) is 0.912. The summed E-state index contributed by atoms with van der Waals surface area (Å²) in [4.78, 5) is 19.0. The third kappa shape index (κ3) is 2.60. The van der Waals surface area contributed by atoms with Crippen molar-refractivity contribution >= 4 is 23.2 Å². The molecule has 0 atom stereocenters. The number of amides is 1. The van der Waals surface area contributed by atoms with Crippen LogP contribution in [0, 0.1) is 11.6 Å². The van der Waals surface area contributed by atoms with E-state index in [1.165, 1.54) is 6.07 Å². The number of carbonyl (C=O) groups is 1. The number of nitrogens with one attached hydrogen (secondary N) is 1. The summed E-state index contributed by atoms with van der Waals surface area (Å²) in [7, 11) is 0. The van der Waals surface area contributed by atoms with Gasteiger partial charge >= 0.3 is 0 Å². The van der Waals surface area contributed by atoms with Gasteiger partial charge < -0.3 is 5.32 Å². The summed E-state index contributed by atoms with van der Waals surface area (Å²) in [6, 6.07) is 3.26. The molecule has 2 aromatic rings. The lowest BCUT2D eigenvalue weighted by Crippen LogP contribution is -2.16. The molecule has 1 amide bonds. The van der Waals surface area contributed by atoms with Crippen LogP contribution in [0.3, 0.4) is 0 Å². The van der Waals surface area contributed by atoms with Crippen molar-refractivity contribution in [3.63, 3.8) is 0 Å². The van der Waals surface area contributed by atoms with Gasteiger partial charge in [0.2, 0.25) is 0 Å². The van der Waals surface area contributed by atoms with Gasteiger partial charge in [-0.15, -0.1) is 0 Å². The molecular formula is C11H6ClF2N3O. The van der Waals surface area contributed by atoms with Crippen molar-refractivity contribution in [2.24, 2.45) is 0 Å². The van der Waals surface area contributed by atoms with Gasteiger partial charge in [0.15, 0.2) is 0 Å². The molecular weight excluding hydrogens is 264 g/mol. The van der Waals surface area contributed by atoms with Gasteiger partial charge in [-0.2, -0.15) is 0 Å². The van der Waals surface area contributed by atoms with Crippen LogP contribution >= 0.6 is 11.6 Å². The second-order valence-corrected chi connectivity index (χ2v) is 3.66. The van der Waals surface area contributed by atoms with Gasteiger partial charge in [0.05, 0.1) is 12.4 Å². The van der Waals surface area contributed by atoms with Gasteiger partial charge in [-0.1, -0.05) is 17.7 Å². The summed E-state index contributed by atoms with van der Waals surface area (Å²) in [5.41, 5.74) is -0.624. The monoisotopic (exact) mass is 269 g/mol. The lowest BCUT2D eigenvalue weighted by molar-refractivity contribution is 0.102. The molecule has 0 spiro atoms. The number of hydrogen-bond donors (Lipinski definition) is 1. The van der Waals surface area contributed by atoms with Crippen molar-refractivity contribution < 1.29 is 13.6 Å². The first kappa shape index (κ1) is 12.4. The van der Waals surface area contributed by atoms with E-state index in [0.717, 1.165) is 24.5 Å². The van der Waals surface area contributed by atoms with Gasteiger partial charge in [-0.05, 0) is 12.1 Å². The van der Waals surface area contributed by atoms with Crippen LogP contribution in [0.15, 0.2) is 30.6 Å². The van der Waals surface area contributed by atoms with Gasteiger partial charge in [0.25, 0.3) is 5.91 Å². The van der Waals surface area contributed by atoms with E-state index in [1.54, 1.807) is 0 Å². The standard InChI is InChI=1S/C11H6ClF2N3O/c12-9-5-15-8(4-16-9)11(18)17-10-6(13)2-1-3-7(10)14/h1-5H,(H,17,18). The zero-order chi connectivity index (χ0) is 13.1. The molecule has 4 nitrogen and oxygen atoms in total. The van der Waals surface area contributed by atoms with Crippen molar-refractivity contribution in [3.05, 3.63) is 53.1 Å². The van der Waals surface area contributed by atoms with E-state index in [2.05, 4.69) is 15.3 Å². The predicted octanol–water partition coefficient (Wildman–Crippen LogP) is 2.66. The van der Waals surface area contributed by atoms with E-state index in [0.29, 0.717) is 0 Å². The van der Waals surface area contributed by atoms with E-state index < -0.39 is 23.2 Å². The normalized spacial score (nSPS) is 10.2. The van der Waals surface area contributed by atoms with Crippen LogP contribution in [0.2, 0.25) is 5.15 Å². The maximum absolute atomic E-state index is 13.3. The number of nitrogens with zero attached hydrogens (tertiary/aromatic N) is 2. The highest BCUT2D eigenvalue weighted by Gasteiger charge is 2.14. The first-order chi connectivity index (χ1) is 8.58. The first-order valence-electron chi connectivity index (χ1n) is 4.81. The highest BCUT2D eigenvalue weighted by molar-refractivity contribution is 6.29. The summed E-state index contributed by atoms with van der Waals surface area (Å²) in [6.45, 7) is 0. The van der Waals surface area contributed by atoms with E-state index in [9.17, 15) is 13.6 Å². The maximum atomic E-state index is 13.3. The van der Waals surface area contributed by atoms with Crippen LogP contribution in [0.5, 0.6) is 0 Å². The SMILES string of the molecule is O=C(Nc1c(F)cccc1F)c1cnc(Cl)cn1. The molecule has 1 aromatic heterocycles. The minimum Gasteiger partial charge on any atom is -0.316 e. The molecule has 7 heteroatoms. The van der Waals surface area contributed by atoms with Gasteiger partial charge in [-0.25, -0.2) is 18.7 Å². The number of halogens is 3. The number of para-hydroxylation sites is 1. The molecule has 0 aliphatic heterocycles.